The van der Waals surface area contributed by atoms with Crippen molar-refractivity contribution in [3.63, 3.8) is 0 Å². The van der Waals surface area contributed by atoms with Crippen LogP contribution < -0.4 is 11.1 Å². The topological polar surface area (TPSA) is 58.4 Å². The van der Waals surface area contributed by atoms with Crippen LogP contribution in [0.4, 0.5) is 5.69 Å². The average Bonchev–Trinajstić information content (AvgIpc) is 2.80. The van der Waals surface area contributed by atoms with Gasteiger partial charge in [-0.15, -0.1) is 0 Å². The van der Waals surface area contributed by atoms with Crippen LogP contribution >= 0.6 is 23.8 Å². The maximum absolute atomic E-state index is 12.0. The standard InChI is InChI=1S/C13H16ClN3OS/c14-9-3-5-10(6-4-9)16-12(18)8-17-7-1-2-11(17)13(15)19/h3-6,11H,1-2,7-8H2,(H2,15,19)(H,16,18). The molecule has 1 aromatic rings. The number of hydrogen-bond donors (Lipinski definition) is 2. The molecule has 0 saturated carbocycles. The molecule has 0 spiro atoms. The number of carbonyl (C=O) groups excluding carboxylic acids is 1. The van der Waals surface area contributed by atoms with Crippen LogP contribution in [0, 0.1) is 0 Å². The molecule has 0 aliphatic carbocycles. The number of thiocarbonyl (C=S) groups is 1. The van der Waals surface area contributed by atoms with Gasteiger partial charge in [-0.2, -0.15) is 0 Å². The number of likely N-dealkylation sites (tertiary alicyclic amines) is 1. The van der Waals surface area contributed by atoms with E-state index in [1.165, 1.54) is 0 Å². The van der Waals surface area contributed by atoms with Gasteiger partial charge in [-0.05, 0) is 43.7 Å². The largest absolute Gasteiger partial charge is 0.392 e. The minimum Gasteiger partial charge on any atom is -0.392 e. The summed E-state index contributed by atoms with van der Waals surface area (Å²) in [6, 6.07) is 7.08. The van der Waals surface area contributed by atoms with Crippen molar-refractivity contribution in [3.8, 4) is 0 Å². The first kappa shape index (κ1) is 14.2. The summed E-state index contributed by atoms with van der Waals surface area (Å²) in [5, 5.41) is 3.48. The van der Waals surface area contributed by atoms with Crippen LogP contribution in [0.3, 0.4) is 0 Å². The normalized spacial score (nSPS) is 19.3. The molecule has 1 aliphatic heterocycles. The second kappa shape index (κ2) is 6.32. The fourth-order valence-electron chi connectivity index (χ4n) is 2.26. The first-order valence-corrected chi connectivity index (χ1v) is 6.93. The van der Waals surface area contributed by atoms with Crippen molar-refractivity contribution in [1.82, 2.24) is 4.90 Å². The van der Waals surface area contributed by atoms with Gasteiger partial charge in [0.1, 0.15) is 0 Å². The van der Waals surface area contributed by atoms with Crippen LogP contribution in [-0.2, 0) is 4.79 Å². The first-order valence-electron chi connectivity index (χ1n) is 6.15. The predicted octanol–water partition coefficient (Wildman–Crippen LogP) is 2.03. The molecule has 0 bridgehead atoms. The molecule has 4 nitrogen and oxygen atoms in total. The van der Waals surface area contributed by atoms with Crippen molar-refractivity contribution in [1.29, 1.82) is 0 Å². The van der Waals surface area contributed by atoms with Gasteiger partial charge < -0.3 is 11.1 Å². The monoisotopic (exact) mass is 297 g/mol. The van der Waals surface area contributed by atoms with Gasteiger partial charge in [0.15, 0.2) is 0 Å². The summed E-state index contributed by atoms with van der Waals surface area (Å²) in [7, 11) is 0. The highest BCUT2D eigenvalue weighted by Gasteiger charge is 2.27. The Balaban J connectivity index is 1.90. The second-order valence-electron chi connectivity index (χ2n) is 4.59. The summed E-state index contributed by atoms with van der Waals surface area (Å²) in [6.45, 7) is 1.17. The highest BCUT2D eigenvalue weighted by Crippen LogP contribution is 2.18. The minimum atomic E-state index is -0.0644. The first-order chi connectivity index (χ1) is 9.06. The smallest absolute Gasteiger partial charge is 0.238 e. The van der Waals surface area contributed by atoms with Crippen molar-refractivity contribution in [2.45, 2.75) is 18.9 Å². The van der Waals surface area contributed by atoms with E-state index in [0.29, 0.717) is 16.6 Å². The van der Waals surface area contributed by atoms with Gasteiger partial charge in [-0.3, -0.25) is 9.69 Å². The lowest BCUT2D eigenvalue weighted by Crippen LogP contribution is -2.43. The van der Waals surface area contributed by atoms with Crippen molar-refractivity contribution in [3.05, 3.63) is 29.3 Å². The molecule has 1 atom stereocenters. The Labute approximate surface area is 122 Å². The van der Waals surface area contributed by atoms with Gasteiger partial charge in [0.05, 0.1) is 17.6 Å². The van der Waals surface area contributed by atoms with E-state index >= 15 is 0 Å². The summed E-state index contributed by atoms with van der Waals surface area (Å²) >= 11 is 10.8. The third-order valence-electron chi connectivity index (χ3n) is 3.17. The number of hydrogen-bond acceptors (Lipinski definition) is 3. The van der Waals surface area contributed by atoms with Gasteiger partial charge in [0.25, 0.3) is 0 Å². The zero-order valence-corrected chi connectivity index (χ0v) is 12.0. The number of nitrogens with one attached hydrogen (secondary N) is 1. The van der Waals surface area contributed by atoms with E-state index in [1.807, 2.05) is 4.90 Å². The summed E-state index contributed by atoms with van der Waals surface area (Å²) < 4.78 is 0. The number of nitrogens with zero attached hydrogens (tertiary/aromatic N) is 1. The molecule has 2 rings (SSSR count). The Kier molecular flexibility index (Phi) is 4.74. The highest BCUT2D eigenvalue weighted by atomic mass is 35.5. The Morgan fingerprint density at radius 1 is 1.47 bits per heavy atom. The van der Waals surface area contributed by atoms with E-state index in [-0.39, 0.29) is 11.9 Å². The molecule has 1 aliphatic rings. The fourth-order valence-corrected chi connectivity index (χ4v) is 2.65. The number of halogens is 1. The van der Waals surface area contributed by atoms with E-state index in [2.05, 4.69) is 5.32 Å². The van der Waals surface area contributed by atoms with Crippen LogP contribution in [0.25, 0.3) is 0 Å². The lowest BCUT2D eigenvalue weighted by Gasteiger charge is -2.22. The van der Waals surface area contributed by atoms with Gasteiger partial charge in [-0.25, -0.2) is 0 Å². The fraction of sp³-hybridized carbons (Fsp3) is 0.385. The zero-order chi connectivity index (χ0) is 13.8. The zero-order valence-electron chi connectivity index (χ0n) is 10.4. The van der Waals surface area contributed by atoms with Crippen LogP contribution in [0.15, 0.2) is 24.3 Å². The van der Waals surface area contributed by atoms with Gasteiger partial charge >= 0.3 is 0 Å². The molecule has 1 fully saturated rings. The molecular formula is C13H16ClN3OS. The van der Waals surface area contributed by atoms with Crippen molar-refractivity contribution in [2.24, 2.45) is 5.73 Å². The van der Waals surface area contributed by atoms with Gasteiger partial charge in [-0.1, -0.05) is 23.8 Å². The number of benzene rings is 1. The van der Waals surface area contributed by atoms with E-state index in [0.717, 1.165) is 25.1 Å². The van der Waals surface area contributed by atoms with Crippen LogP contribution in [0.2, 0.25) is 5.02 Å². The van der Waals surface area contributed by atoms with Gasteiger partial charge in [0.2, 0.25) is 5.91 Å². The molecule has 0 radical (unpaired) electrons. The molecule has 1 aromatic carbocycles. The lowest BCUT2D eigenvalue weighted by atomic mass is 10.2. The maximum atomic E-state index is 12.0. The van der Waals surface area contributed by atoms with E-state index in [4.69, 9.17) is 29.6 Å². The third kappa shape index (κ3) is 3.89. The molecule has 1 unspecified atom stereocenters. The Hall–Kier alpha value is -1.17. The molecular weight excluding hydrogens is 282 g/mol. The lowest BCUT2D eigenvalue weighted by molar-refractivity contribution is -0.117. The number of carbonyl (C=O) groups is 1. The van der Waals surface area contributed by atoms with E-state index in [1.54, 1.807) is 24.3 Å². The molecule has 0 aromatic heterocycles. The summed E-state index contributed by atoms with van der Waals surface area (Å²) in [4.78, 5) is 14.4. The maximum Gasteiger partial charge on any atom is 0.238 e. The molecule has 3 N–H and O–H groups in total. The van der Waals surface area contributed by atoms with Crippen LogP contribution in [0.1, 0.15) is 12.8 Å². The molecule has 1 amide bonds. The SMILES string of the molecule is NC(=S)C1CCCN1CC(=O)Nc1ccc(Cl)cc1. The average molecular weight is 298 g/mol. The quantitative estimate of drug-likeness (QED) is 0.835. The highest BCUT2D eigenvalue weighted by molar-refractivity contribution is 7.80. The number of nitrogens with two attached hydrogens (primary N) is 1. The van der Waals surface area contributed by atoms with Gasteiger partial charge in [0, 0.05) is 10.7 Å². The summed E-state index contributed by atoms with van der Waals surface area (Å²) in [5.41, 5.74) is 6.41. The molecule has 1 heterocycles. The molecule has 6 heteroatoms. The van der Waals surface area contributed by atoms with Crippen molar-refractivity contribution >= 4 is 40.4 Å². The Morgan fingerprint density at radius 2 is 2.16 bits per heavy atom. The Bertz CT molecular complexity index is 477. The van der Waals surface area contributed by atoms with Crippen molar-refractivity contribution < 1.29 is 4.79 Å². The third-order valence-corrected chi connectivity index (χ3v) is 3.69. The second-order valence-corrected chi connectivity index (χ2v) is 5.49. The molecule has 1 saturated heterocycles. The number of anilines is 1. The predicted molar refractivity (Wildman–Crippen MR) is 81.5 cm³/mol. The van der Waals surface area contributed by atoms with Crippen molar-refractivity contribution in [2.75, 3.05) is 18.4 Å². The minimum absolute atomic E-state index is 0.0472. The van der Waals surface area contributed by atoms with Crippen LogP contribution in [-0.4, -0.2) is 34.9 Å². The Morgan fingerprint density at radius 3 is 2.79 bits per heavy atom. The molecule has 102 valence electrons. The summed E-state index contributed by atoms with van der Waals surface area (Å²) in [5.74, 6) is -0.0644. The van der Waals surface area contributed by atoms with E-state index < -0.39 is 0 Å². The van der Waals surface area contributed by atoms with E-state index in [9.17, 15) is 4.79 Å². The summed E-state index contributed by atoms with van der Waals surface area (Å²) in [6.07, 6.45) is 1.96. The number of amides is 1. The number of rotatable bonds is 4. The van der Waals surface area contributed by atoms with Crippen LogP contribution in [0.5, 0.6) is 0 Å². The molecule has 19 heavy (non-hydrogen) atoms.